The Kier molecular flexibility index (Phi) is 6.09. The van der Waals surface area contributed by atoms with Gasteiger partial charge < -0.3 is 15.8 Å². The maximum absolute atomic E-state index is 5.76. The number of methoxy groups -OCH3 is 1. The molecule has 2 unspecified atom stereocenters. The first kappa shape index (κ1) is 15.8. The van der Waals surface area contributed by atoms with E-state index >= 15 is 0 Å². The Morgan fingerprint density at radius 1 is 1.42 bits per heavy atom. The van der Waals surface area contributed by atoms with E-state index in [-0.39, 0.29) is 0 Å². The van der Waals surface area contributed by atoms with Gasteiger partial charge in [0.25, 0.3) is 0 Å². The summed E-state index contributed by atoms with van der Waals surface area (Å²) < 4.78 is 5.25. The molecule has 0 saturated carbocycles. The molecule has 1 aromatic rings. The third kappa shape index (κ3) is 4.71. The van der Waals surface area contributed by atoms with Gasteiger partial charge in [0.2, 0.25) is 0 Å². The van der Waals surface area contributed by atoms with Crippen LogP contribution in [0.5, 0.6) is 5.75 Å². The molecule has 0 aliphatic carbocycles. The highest BCUT2D eigenvalue weighted by Gasteiger charge is 2.11. The number of rotatable bonds is 7. The third-order valence-electron chi connectivity index (χ3n) is 3.35. The predicted molar refractivity (Wildman–Crippen MR) is 86.0 cm³/mol. The van der Waals surface area contributed by atoms with Gasteiger partial charge in [-0.15, -0.1) is 0 Å². The minimum absolute atomic E-state index is 0.371. The van der Waals surface area contributed by atoms with Crippen LogP contribution in [0.1, 0.15) is 39.2 Å². The lowest BCUT2D eigenvalue weighted by atomic mass is 10.00. The van der Waals surface area contributed by atoms with Crippen LogP contribution in [-0.4, -0.2) is 18.1 Å². The molecule has 0 saturated heterocycles. The van der Waals surface area contributed by atoms with Crippen LogP contribution in [0.15, 0.2) is 18.2 Å². The molecule has 0 aromatic heterocycles. The van der Waals surface area contributed by atoms with E-state index in [9.17, 15) is 0 Å². The van der Waals surface area contributed by atoms with E-state index in [0.29, 0.717) is 16.9 Å². The zero-order valence-electron chi connectivity index (χ0n) is 12.2. The molecular formula is C15H24N2OS. The summed E-state index contributed by atoms with van der Waals surface area (Å²) in [6, 6.07) is 6.09. The van der Waals surface area contributed by atoms with Gasteiger partial charge in [0.05, 0.1) is 7.11 Å². The molecule has 0 spiro atoms. The lowest BCUT2D eigenvalue weighted by Crippen LogP contribution is -2.21. The van der Waals surface area contributed by atoms with Crippen molar-refractivity contribution in [2.75, 3.05) is 12.4 Å². The van der Waals surface area contributed by atoms with Crippen molar-refractivity contribution in [3.05, 3.63) is 23.8 Å². The fourth-order valence-electron chi connectivity index (χ4n) is 2.08. The summed E-state index contributed by atoms with van der Waals surface area (Å²) in [5, 5.41) is 3.48. The summed E-state index contributed by atoms with van der Waals surface area (Å²) >= 11 is 5.09. The normalized spacial score (nSPS) is 13.7. The van der Waals surface area contributed by atoms with Crippen molar-refractivity contribution in [3.63, 3.8) is 0 Å². The predicted octanol–water partition coefficient (Wildman–Crippen LogP) is 3.57. The van der Waals surface area contributed by atoms with Crippen molar-refractivity contribution in [2.24, 2.45) is 11.7 Å². The van der Waals surface area contributed by atoms with Crippen molar-refractivity contribution in [3.8, 4) is 5.75 Å². The van der Waals surface area contributed by atoms with Crippen molar-refractivity contribution in [1.82, 2.24) is 0 Å². The number of nitrogens with one attached hydrogen (secondary N) is 1. The molecule has 19 heavy (non-hydrogen) atoms. The Bertz CT molecular complexity index is 434. The average Bonchev–Trinajstić information content (AvgIpc) is 2.37. The van der Waals surface area contributed by atoms with E-state index in [1.165, 1.54) is 6.42 Å². The van der Waals surface area contributed by atoms with Crippen LogP contribution in [0.4, 0.5) is 5.69 Å². The largest absolute Gasteiger partial charge is 0.497 e. The smallest absolute Gasteiger partial charge is 0.120 e. The second-order valence-electron chi connectivity index (χ2n) is 5.07. The van der Waals surface area contributed by atoms with Crippen molar-refractivity contribution < 1.29 is 4.74 Å². The second-order valence-corrected chi connectivity index (χ2v) is 5.51. The first-order valence-corrected chi connectivity index (χ1v) is 7.13. The van der Waals surface area contributed by atoms with Gasteiger partial charge in [0.1, 0.15) is 10.7 Å². The van der Waals surface area contributed by atoms with Crippen LogP contribution in [0.2, 0.25) is 0 Å². The van der Waals surface area contributed by atoms with Crippen LogP contribution in [0.3, 0.4) is 0 Å². The van der Waals surface area contributed by atoms with E-state index in [2.05, 4.69) is 26.1 Å². The Morgan fingerprint density at radius 3 is 2.63 bits per heavy atom. The number of anilines is 1. The maximum atomic E-state index is 5.76. The molecule has 3 N–H and O–H groups in total. The number of nitrogens with two attached hydrogens (primary N) is 1. The van der Waals surface area contributed by atoms with Crippen LogP contribution >= 0.6 is 12.2 Å². The van der Waals surface area contributed by atoms with Crippen molar-refractivity contribution in [1.29, 1.82) is 0 Å². The van der Waals surface area contributed by atoms with Gasteiger partial charge in [-0.2, -0.15) is 0 Å². The summed E-state index contributed by atoms with van der Waals surface area (Å²) in [5.41, 5.74) is 7.57. The Labute approximate surface area is 121 Å². The molecule has 4 heteroatoms. The van der Waals surface area contributed by atoms with Crippen LogP contribution in [-0.2, 0) is 0 Å². The molecule has 1 aromatic carbocycles. The van der Waals surface area contributed by atoms with Crippen molar-refractivity contribution >= 4 is 22.9 Å². The quantitative estimate of drug-likeness (QED) is 0.750. The second kappa shape index (κ2) is 7.34. The van der Waals surface area contributed by atoms with Crippen LogP contribution in [0.25, 0.3) is 0 Å². The summed E-state index contributed by atoms with van der Waals surface area (Å²) in [7, 11) is 1.65. The topological polar surface area (TPSA) is 47.3 Å². The Balaban J connectivity index is 2.88. The monoisotopic (exact) mass is 280 g/mol. The van der Waals surface area contributed by atoms with Gasteiger partial charge in [-0.25, -0.2) is 0 Å². The van der Waals surface area contributed by atoms with E-state index in [0.717, 1.165) is 23.4 Å². The summed E-state index contributed by atoms with van der Waals surface area (Å²) in [6.07, 6.45) is 2.30. The number of benzene rings is 1. The number of hydrogen-bond acceptors (Lipinski definition) is 3. The molecule has 106 valence electrons. The molecule has 0 aliphatic rings. The summed E-state index contributed by atoms with van der Waals surface area (Å²) in [5.74, 6) is 1.50. The van der Waals surface area contributed by atoms with E-state index in [4.69, 9.17) is 22.7 Å². The zero-order chi connectivity index (χ0) is 14.4. The SMILES string of the molecule is CCC(C)CC(C)Nc1cc(OC)ccc1C(N)=S. The van der Waals surface area contributed by atoms with E-state index < -0.39 is 0 Å². The van der Waals surface area contributed by atoms with Gasteiger partial charge >= 0.3 is 0 Å². The van der Waals surface area contributed by atoms with Gasteiger partial charge in [-0.1, -0.05) is 32.5 Å². The highest BCUT2D eigenvalue weighted by atomic mass is 32.1. The minimum Gasteiger partial charge on any atom is -0.497 e. The van der Waals surface area contributed by atoms with Crippen LogP contribution in [0, 0.1) is 5.92 Å². The van der Waals surface area contributed by atoms with E-state index in [1.54, 1.807) is 7.11 Å². The fourth-order valence-corrected chi connectivity index (χ4v) is 2.26. The molecule has 3 nitrogen and oxygen atoms in total. The fraction of sp³-hybridized carbons (Fsp3) is 0.533. The maximum Gasteiger partial charge on any atom is 0.120 e. The highest BCUT2D eigenvalue weighted by Crippen LogP contribution is 2.24. The number of thiocarbonyl (C=S) groups is 1. The third-order valence-corrected chi connectivity index (χ3v) is 3.57. The first-order chi connectivity index (χ1) is 8.97. The standard InChI is InChI=1S/C15H24N2OS/c1-5-10(2)8-11(3)17-14-9-12(18-4)6-7-13(14)15(16)19/h6-7,9-11,17H,5,8H2,1-4H3,(H2,16,19). The van der Waals surface area contributed by atoms with Gasteiger partial charge in [-0.3, -0.25) is 0 Å². The Hall–Kier alpha value is -1.29. The Morgan fingerprint density at radius 2 is 2.11 bits per heavy atom. The summed E-state index contributed by atoms with van der Waals surface area (Å²) in [6.45, 7) is 6.65. The van der Waals surface area contributed by atoms with Gasteiger partial charge in [-0.05, 0) is 31.4 Å². The number of ether oxygens (including phenoxy) is 1. The molecule has 0 aliphatic heterocycles. The zero-order valence-corrected chi connectivity index (χ0v) is 13.0. The first-order valence-electron chi connectivity index (χ1n) is 6.72. The highest BCUT2D eigenvalue weighted by molar-refractivity contribution is 7.80. The molecule has 0 heterocycles. The molecule has 0 fully saturated rings. The number of hydrogen-bond donors (Lipinski definition) is 2. The molecule has 0 amide bonds. The lowest BCUT2D eigenvalue weighted by molar-refractivity contribution is 0.415. The molecule has 0 bridgehead atoms. The van der Waals surface area contributed by atoms with E-state index in [1.807, 2.05) is 18.2 Å². The molecule has 1 rings (SSSR count). The van der Waals surface area contributed by atoms with Crippen molar-refractivity contribution in [2.45, 2.75) is 39.7 Å². The van der Waals surface area contributed by atoms with Gasteiger partial charge in [0, 0.05) is 23.4 Å². The molecular weight excluding hydrogens is 256 g/mol. The lowest BCUT2D eigenvalue weighted by Gasteiger charge is -2.21. The molecule has 0 radical (unpaired) electrons. The molecule has 2 atom stereocenters. The minimum atomic E-state index is 0.371. The van der Waals surface area contributed by atoms with Gasteiger partial charge in [0.15, 0.2) is 0 Å². The van der Waals surface area contributed by atoms with Crippen LogP contribution < -0.4 is 15.8 Å². The average molecular weight is 280 g/mol. The summed E-state index contributed by atoms with van der Waals surface area (Å²) in [4.78, 5) is 0.404.